The number of alkyl halides is 1. The number of hydrogen-bond acceptors (Lipinski definition) is 2. The summed E-state index contributed by atoms with van der Waals surface area (Å²) in [4.78, 5) is -0.134. The average Bonchev–Trinajstić information content (AvgIpc) is 2.47. The first-order valence-electron chi connectivity index (χ1n) is 6.36. The molecule has 106 valence electrons. The Labute approximate surface area is 126 Å². The highest BCUT2D eigenvalue weighted by atomic mass is 79.9. The van der Waals surface area contributed by atoms with E-state index >= 15 is 0 Å². The zero-order chi connectivity index (χ0) is 14.5. The summed E-state index contributed by atoms with van der Waals surface area (Å²) in [6.07, 6.45) is 0. The molecule has 0 bridgehead atoms. The van der Waals surface area contributed by atoms with E-state index in [0.717, 1.165) is 16.9 Å². The van der Waals surface area contributed by atoms with Gasteiger partial charge in [-0.05, 0) is 30.7 Å². The van der Waals surface area contributed by atoms with E-state index in [1.807, 2.05) is 37.3 Å². The fourth-order valence-corrected chi connectivity index (χ4v) is 2.66. The van der Waals surface area contributed by atoms with Crippen LogP contribution < -0.4 is 9.47 Å². The highest BCUT2D eigenvalue weighted by Gasteiger charge is 2.16. The molecule has 0 aliphatic heterocycles. The SMILES string of the molecule is CCOc1ccccc1C(Br)c1ccc(OC)c(F)c1. The third-order valence-electron chi connectivity index (χ3n) is 2.96. The average molecular weight is 339 g/mol. The predicted octanol–water partition coefficient (Wildman–Crippen LogP) is 4.72. The van der Waals surface area contributed by atoms with Crippen molar-refractivity contribution >= 4 is 15.9 Å². The second-order valence-corrected chi connectivity index (χ2v) is 5.14. The van der Waals surface area contributed by atoms with Gasteiger partial charge >= 0.3 is 0 Å². The molecule has 1 atom stereocenters. The highest BCUT2D eigenvalue weighted by molar-refractivity contribution is 9.09. The molecule has 2 nitrogen and oxygen atoms in total. The van der Waals surface area contributed by atoms with E-state index in [-0.39, 0.29) is 16.4 Å². The zero-order valence-electron chi connectivity index (χ0n) is 11.4. The van der Waals surface area contributed by atoms with Crippen molar-refractivity contribution in [3.8, 4) is 11.5 Å². The Morgan fingerprint density at radius 2 is 1.90 bits per heavy atom. The number of ether oxygens (including phenoxy) is 2. The first kappa shape index (κ1) is 14.9. The van der Waals surface area contributed by atoms with Crippen molar-refractivity contribution in [2.75, 3.05) is 13.7 Å². The molecule has 0 saturated heterocycles. The molecule has 0 spiro atoms. The third kappa shape index (κ3) is 3.12. The van der Waals surface area contributed by atoms with Gasteiger partial charge < -0.3 is 9.47 Å². The summed E-state index contributed by atoms with van der Waals surface area (Å²) in [5, 5.41) is 0. The molecular formula is C16H16BrFO2. The van der Waals surface area contributed by atoms with Crippen LogP contribution in [-0.2, 0) is 0 Å². The van der Waals surface area contributed by atoms with Crippen molar-refractivity contribution < 1.29 is 13.9 Å². The Balaban J connectivity index is 2.36. The maximum atomic E-state index is 13.8. The van der Waals surface area contributed by atoms with Crippen LogP contribution in [0.25, 0.3) is 0 Å². The molecule has 0 radical (unpaired) electrons. The molecular weight excluding hydrogens is 323 g/mol. The van der Waals surface area contributed by atoms with E-state index in [0.29, 0.717) is 6.61 Å². The summed E-state index contributed by atoms with van der Waals surface area (Å²) in [6.45, 7) is 2.53. The molecule has 2 rings (SSSR count). The Kier molecular flexibility index (Phi) is 5.01. The molecule has 0 aliphatic rings. The van der Waals surface area contributed by atoms with E-state index in [4.69, 9.17) is 9.47 Å². The quantitative estimate of drug-likeness (QED) is 0.734. The van der Waals surface area contributed by atoms with Crippen molar-refractivity contribution in [1.29, 1.82) is 0 Å². The van der Waals surface area contributed by atoms with Gasteiger partial charge in [0.15, 0.2) is 11.6 Å². The lowest BCUT2D eigenvalue weighted by atomic mass is 10.0. The van der Waals surface area contributed by atoms with E-state index in [9.17, 15) is 4.39 Å². The largest absolute Gasteiger partial charge is 0.494 e. The Morgan fingerprint density at radius 1 is 1.15 bits per heavy atom. The van der Waals surface area contributed by atoms with E-state index in [1.54, 1.807) is 6.07 Å². The van der Waals surface area contributed by atoms with Gasteiger partial charge in [0.1, 0.15) is 5.75 Å². The van der Waals surface area contributed by atoms with E-state index in [2.05, 4.69) is 15.9 Å². The first-order chi connectivity index (χ1) is 9.67. The summed E-state index contributed by atoms with van der Waals surface area (Å²) in [6, 6.07) is 12.7. The minimum atomic E-state index is -0.372. The van der Waals surface area contributed by atoms with Crippen LogP contribution in [-0.4, -0.2) is 13.7 Å². The summed E-state index contributed by atoms with van der Waals surface area (Å²) < 4.78 is 24.3. The Bertz CT molecular complexity index is 586. The number of benzene rings is 2. The number of methoxy groups -OCH3 is 1. The van der Waals surface area contributed by atoms with Gasteiger partial charge in [-0.25, -0.2) is 4.39 Å². The maximum Gasteiger partial charge on any atom is 0.165 e. The Morgan fingerprint density at radius 3 is 2.55 bits per heavy atom. The van der Waals surface area contributed by atoms with Gasteiger partial charge in [-0.1, -0.05) is 40.2 Å². The third-order valence-corrected chi connectivity index (χ3v) is 3.98. The molecule has 0 amide bonds. The lowest BCUT2D eigenvalue weighted by Gasteiger charge is -2.16. The van der Waals surface area contributed by atoms with Gasteiger partial charge in [-0.3, -0.25) is 0 Å². The van der Waals surface area contributed by atoms with Gasteiger partial charge in [0.25, 0.3) is 0 Å². The van der Waals surface area contributed by atoms with Crippen molar-refractivity contribution in [1.82, 2.24) is 0 Å². The molecule has 2 aromatic rings. The van der Waals surface area contributed by atoms with Crippen LogP contribution in [0.1, 0.15) is 22.9 Å². The standard InChI is InChI=1S/C16H16BrFO2/c1-3-20-14-7-5-4-6-12(14)16(17)11-8-9-15(19-2)13(18)10-11/h4-10,16H,3H2,1-2H3. The maximum absolute atomic E-state index is 13.8. The zero-order valence-corrected chi connectivity index (χ0v) is 13.0. The van der Waals surface area contributed by atoms with Crippen molar-refractivity contribution in [3.63, 3.8) is 0 Å². The van der Waals surface area contributed by atoms with Crippen LogP contribution in [0.15, 0.2) is 42.5 Å². The lowest BCUT2D eigenvalue weighted by molar-refractivity contribution is 0.337. The lowest BCUT2D eigenvalue weighted by Crippen LogP contribution is -2.00. The second-order valence-electron chi connectivity index (χ2n) is 4.23. The molecule has 0 aromatic heterocycles. The normalized spacial score (nSPS) is 12.0. The van der Waals surface area contributed by atoms with Gasteiger partial charge in [0.2, 0.25) is 0 Å². The topological polar surface area (TPSA) is 18.5 Å². The molecule has 4 heteroatoms. The molecule has 0 fully saturated rings. The van der Waals surface area contributed by atoms with Crippen LogP contribution in [0, 0.1) is 5.82 Å². The molecule has 0 saturated carbocycles. The summed E-state index contributed by atoms with van der Waals surface area (Å²) in [7, 11) is 1.45. The first-order valence-corrected chi connectivity index (χ1v) is 7.28. The monoisotopic (exact) mass is 338 g/mol. The van der Waals surface area contributed by atoms with Gasteiger partial charge in [0, 0.05) is 5.56 Å². The number of hydrogen-bond donors (Lipinski definition) is 0. The molecule has 20 heavy (non-hydrogen) atoms. The van der Waals surface area contributed by atoms with E-state index in [1.165, 1.54) is 13.2 Å². The van der Waals surface area contributed by atoms with Crippen LogP contribution in [0.4, 0.5) is 4.39 Å². The fourth-order valence-electron chi connectivity index (χ4n) is 2.00. The van der Waals surface area contributed by atoms with Crippen molar-refractivity contribution in [2.45, 2.75) is 11.8 Å². The van der Waals surface area contributed by atoms with Crippen LogP contribution in [0.5, 0.6) is 11.5 Å². The molecule has 0 heterocycles. The van der Waals surface area contributed by atoms with Crippen LogP contribution in [0.2, 0.25) is 0 Å². The van der Waals surface area contributed by atoms with Gasteiger partial charge in [0.05, 0.1) is 18.5 Å². The molecule has 2 aromatic carbocycles. The van der Waals surface area contributed by atoms with Crippen LogP contribution >= 0.6 is 15.9 Å². The van der Waals surface area contributed by atoms with Gasteiger partial charge in [-0.2, -0.15) is 0 Å². The Hall–Kier alpha value is -1.55. The minimum Gasteiger partial charge on any atom is -0.494 e. The summed E-state index contributed by atoms with van der Waals surface area (Å²) in [5.41, 5.74) is 1.79. The number of para-hydroxylation sites is 1. The minimum absolute atomic E-state index is 0.134. The predicted molar refractivity (Wildman–Crippen MR) is 81.3 cm³/mol. The van der Waals surface area contributed by atoms with Crippen LogP contribution in [0.3, 0.4) is 0 Å². The van der Waals surface area contributed by atoms with Gasteiger partial charge in [-0.15, -0.1) is 0 Å². The second kappa shape index (κ2) is 6.75. The van der Waals surface area contributed by atoms with Crippen molar-refractivity contribution in [2.24, 2.45) is 0 Å². The van der Waals surface area contributed by atoms with Crippen molar-refractivity contribution in [3.05, 3.63) is 59.4 Å². The molecule has 0 aliphatic carbocycles. The molecule has 1 unspecified atom stereocenters. The highest BCUT2D eigenvalue weighted by Crippen LogP contribution is 2.37. The summed E-state index contributed by atoms with van der Waals surface area (Å²) >= 11 is 3.61. The molecule has 0 N–H and O–H groups in total. The smallest absolute Gasteiger partial charge is 0.165 e. The fraction of sp³-hybridized carbons (Fsp3) is 0.250. The number of halogens is 2. The number of rotatable bonds is 5. The van der Waals surface area contributed by atoms with E-state index < -0.39 is 0 Å². The summed E-state index contributed by atoms with van der Waals surface area (Å²) in [5.74, 6) is 0.669.